The smallest absolute Gasteiger partial charge is 0.338 e. The van der Waals surface area contributed by atoms with E-state index in [-0.39, 0.29) is 23.2 Å². The van der Waals surface area contributed by atoms with Gasteiger partial charge >= 0.3 is 17.9 Å². The lowest BCUT2D eigenvalue weighted by Gasteiger charge is -2.17. The van der Waals surface area contributed by atoms with Gasteiger partial charge in [-0.2, -0.15) is 0 Å². The Balaban J connectivity index is 1.75. The molecule has 2 aromatic carbocycles. The highest BCUT2D eigenvalue weighted by atomic mass is 16.5. The van der Waals surface area contributed by atoms with E-state index in [1.54, 1.807) is 12.1 Å². The minimum atomic E-state index is -1.39. The van der Waals surface area contributed by atoms with Gasteiger partial charge in [0.2, 0.25) is 5.91 Å². The predicted molar refractivity (Wildman–Crippen MR) is 117 cm³/mol. The van der Waals surface area contributed by atoms with Crippen molar-refractivity contribution in [3.05, 3.63) is 59.2 Å². The fourth-order valence-electron chi connectivity index (χ4n) is 3.30. The van der Waals surface area contributed by atoms with Gasteiger partial charge in [0.05, 0.1) is 35.4 Å². The summed E-state index contributed by atoms with van der Waals surface area (Å²) in [6.07, 6.45) is 1.46. The fraction of sp³-hybridized carbons (Fsp3) is 0.261. The third kappa shape index (κ3) is 5.35. The molecule has 0 bridgehead atoms. The van der Waals surface area contributed by atoms with Crippen LogP contribution >= 0.6 is 0 Å². The van der Waals surface area contributed by atoms with Gasteiger partial charge in [0.25, 0.3) is 5.91 Å². The molecule has 10 heteroatoms. The van der Waals surface area contributed by atoms with Crippen LogP contribution in [0, 0.1) is 0 Å². The van der Waals surface area contributed by atoms with Gasteiger partial charge < -0.3 is 20.3 Å². The first-order chi connectivity index (χ1) is 15.7. The summed E-state index contributed by atoms with van der Waals surface area (Å²) >= 11 is 0. The zero-order valence-electron chi connectivity index (χ0n) is 17.7. The van der Waals surface area contributed by atoms with Gasteiger partial charge in [0, 0.05) is 5.69 Å². The highest BCUT2D eigenvalue weighted by molar-refractivity contribution is 6.23. The van der Waals surface area contributed by atoms with Gasteiger partial charge in [-0.1, -0.05) is 13.3 Å². The van der Waals surface area contributed by atoms with E-state index in [1.807, 2.05) is 6.92 Å². The molecule has 1 aliphatic rings. The number of benzene rings is 2. The molecule has 172 valence electrons. The first-order valence-electron chi connectivity index (χ1n) is 10.2. The molecule has 1 atom stereocenters. The van der Waals surface area contributed by atoms with Crippen LogP contribution in [0.5, 0.6) is 0 Å². The summed E-state index contributed by atoms with van der Waals surface area (Å²) in [5, 5.41) is 21.4. The topological polar surface area (TPSA) is 150 Å². The molecule has 33 heavy (non-hydrogen) atoms. The molecular formula is C23H22N2O8. The number of imide groups is 1. The normalized spacial score (nSPS) is 15.4. The van der Waals surface area contributed by atoms with Crippen molar-refractivity contribution in [3.8, 4) is 0 Å². The van der Waals surface area contributed by atoms with Gasteiger partial charge in [-0.05, 0) is 48.9 Å². The Kier molecular flexibility index (Phi) is 7.07. The van der Waals surface area contributed by atoms with Crippen LogP contribution in [0.15, 0.2) is 42.5 Å². The summed E-state index contributed by atoms with van der Waals surface area (Å²) in [4.78, 5) is 60.8. The number of nitrogens with zero attached hydrogens (tertiary/aromatic N) is 1. The largest absolute Gasteiger partial charge is 0.478 e. The number of carbonyl (C=O) groups excluding carboxylic acids is 3. The maximum absolute atomic E-state index is 12.9. The average molecular weight is 454 g/mol. The van der Waals surface area contributed by atoms with E-state index in [9.17, 15) is 34.2 Å². The molecule has 0 radical (unpaired) electrons. The quantitative estimate of drug-likeness (QED) is 0.295. The summed E-state index contributed by atoms with van der Waals surface area (Å²) in [5.41, 5.74) is -0.0131. The van der Waals surface area contributed by atoms with E-state index in [1.165, 1.54) is 12.1 Å². The van der Waals surface area contributed by atoms with Gasteiger partial charge in [-0.15, -0.1) is 0 Å². The molecule has 0 saturated carbocycles. The summed E-state index contributed by atoms with van der Waals surface area (Å²) in [5.74, 6) is -4.49. The average Bonchev–Trinajstić information content (AvgIpc) is 3.06. The Morgan fingerprint density at radius 2 is 1.61 bits per heavy atom. The third-order valence-electron chi connectivity index (χ3n) is 5.01. The van der Waals surface area contributed by atoms with E-state index in [4.69, 9.17) is 4.74 Å². The predicted octanol–water partition coefficient (Wildman–Crippen LogP) is 2.78. The van der Waals surface area contributed by atoms with Crippen molar-refractivity contribution < 1.29 is 38.9 Å². The first kappa shape index (κ1) is 23.5. The Morgan fingerprint density at radius 1 is 1.00 bits per heavy atom. The lowest BCUT2D eigenvalue weighted by molar-refractivity contribution is -0.121. The third-order valence-corrected chi connectivity index (χ3v) is 5.01. The maximum Gasteiger partial charge on any atom is 0.338 e. The van der Waals surface area contributed by atoms with E-state index < -0.39 is 35.8 Å². The second-order valence-electron chi connectivity index (χ2n) is 7.41. The van der Waals surface area contributed by atoms with Crippen LogP contribution in [0.2, 0.25) is 0 Å². The van der Waals surface area contributed by atoms with Crippen molar-refractivity contribution >= 4 is 41.1 Å². The minimum absolute atomic E-state index is 0.128. The van der Waals surface area contributed by atoms with Crippen molar-refractivity contribution in [3.63, 3.8) is 0 Å². The number of ether oxygens (including phenoxy) is 1. The monoisotopic (exact) mass is 454 g/mol. The molecule has 2 amide bonds. The lowest BCUT2D eigenvalue weighted by Crippen LogP contribution is -2.35. The van der Waals surface area contributed by atoms with Crippen LogP contribution < -0.4 is 10.2 Å². The maximum atomic E-state index is 12.9. The Morgan fingerprint density at radius 3 is 2.15 bits per heavy atom. The molecule has 1 unspecified atom stereocenters. The molecule has 10 nitrogen and oxygen atoms in total. The summed E-state index contributed by atoms with van der Waals surface area (Å²) in [7, 11) is 0. The number of carboxylic acid groups (broad SMARTS) is 2. The molecule has 1 fully saturated rings. The fourth-order valence-corrected chi connectivity index (χ4v) is 3.30. The van der Waals surface area contributed by atoms with Crippen molar-refractivity contribution in [2.75, 3.05) is 16.8 Å². The lowest BCUT2D eigenvalue weighted by atomic mass is 10.1. The molecule has 1 heterocycles. The highest BCUT2D eigenvalue weighted by Gasteiger charge is 2.40. The number of hydrogen-bond acceptors (Lipinski definition) is 7. The van der Waals surface area contributed by atoms with E-state index >= 15 is 0 Å². The van der Waals surface area contributed by atoms with Crippen molar-refractivity contribution in [2.24, 2.45) is 0 Å². The summed E-state index contributed by atoms with van der Waals surface area (Å²) < 4.78 is 5.14. The number of esters is 1. The number of anilines is 2. The number of unbranched alkanes of at least 4 members (excludes halogenated alkanes) is 1. The molecule has 2 aromatic rings. The zero-order valence-corrected chi connectivity index (χ0v) is 17.7. The summed E-state index contributed by atoms with van der Waals surface area (Å²) in [6, 6.07) is 8.37. The zero-order chi connectivity index (χ0) is 24.1. The number of carboxylic acids is 2. The molecule has 1 aliphatic heterocycles. The molecule has 1 saturated heterocycles. The Hall–Kier alpha value is -4.21. The van der Waals surface area contributed by atoms with Crippen molar-refractivity contribution in [1.82, 2.24) is 0 Å². The van der Waals surface area contributed by atoms with Crippen LogP contribution in [0.25, 0.3) is 0 Å². The van der Waals surface area contributed by atoms with E-state index in [0.29, 0.717) is 17.9 Å². The number of amides is 2. The minimum Gasteiger partial charge on any atom is -0.478 e. The number of rotatable bonds is 9. The standard InChI is InChI=1S/C23H22N2O8/c1-2-3-8-33-23(32)13-4-6-16(7-5-13)24-18-12-19(26)25(20(18)27)17-10-14(21(28)29)9-15(11-17)22(30)31/h4-7,9-11,18,24H,2-3,8,12H2,1H3,(H,28,29)(H,30,31). The van der Waals surface area contributed by atoms with Gasteiger partial charge in [0.1, 0.15) is 6.04 Å². The second kappa shape index (κ2) is 9.94. The van der Waals surface area contributed by atoms with Crippen LogP contribution in [-0.4, -0.2) is 52.6 Å². The van der Waals surface area contributed by atoms with Crippen LogP contribution in [0.3, 0.4) is 0 Å². The van der Waals surface area contributed by atoms with Crippen molar-refractivity contribution in [2.45, 2.75) is 32.2 Å². The van der Waals surface area contributed by atoms with Gasteiger partial charge in [0.15, 0.2) is 0 Å². The number of nitrogens with one attached hydrogen (secondary N) is 1. The number of carbonyl (C=O) groups is 5. The molecular weight excluding hydrogens is 432 g/mol. The van der Waals surface area contributed by atoms with E-state index in [2.05, 4.69) is 5.32 Å². The van der Waals surface area contributed by atoms with Crippen LogP contribution in [0.1, 0.15) is 57.3 Å². The SMILES string of the molecule is CCCCOC(=O)c1ccc(NC2CC(=O)N(c3cc(C(=O)O)cc(C(=O)O)c3)C2=O)cc1. The summed E-state index contributed by atoms with van der Waals surface area (Å²) in [6.45, 7) is 2.31. The second-order valence-corrected chi connectivity index (χ2v) is 7.41. The Bertz CT molecular complexity index is 1080. The van der Waals surface area contributed by atoms with Gasteiger partial charge in [-0.3, -0.25) is 9.59 Å². The van der Waals surface area contributed by atoms with Crippen LogP contribution in [-0.2, 0) is 14.3 Å². The van der Waals surface area contributed by atoms with Gasteiger partial charge in [-0.25, -0.2) is 19.3 Å². The number of aromatic carboxylic acids is 2. The molecule has 3 N–H and O–H groups in total. The molecule has 0 spiro atoms. The first-order valence-corrected chi connectivity index (χ1v) is 10.2. The highest BCUT2D eigenvalue weighted by Crippen LogP contribution is 2.27. The van der Waals surface area contributed by atoms with E-state index in [0.717, 1.165) is 35.9 Å². The Labute approximate surface area is 188 Å². The molecule has 3 rings (SSSR count). The van der Waals surface area contributed by atoms with Crippen molar-refractivity contribution in [1.29, 1.82) is 0 Å². The molecule has 0 aliphatic carbocycles. The molecule has 0 aromatic heterocycles. The number of hydrogen-bond donors (Lipinski definition) is 3. The van der Waals surface area contributed by atoms with Crippen LogP contribution in [0.4, 0.5) is 11.4 Å².